The van der Waals surface area contributed by atoms with Gasteiger partial charge in [-0.3, -0.25) is 0 Å². The molecule has 120 valence electrons. The van der Waals surface area contributed by atoms with Crippen LogP contribution in [0.5, 0.6) is 0 Å². The molecule has 0 spiro atoms. The average molecular weight is 308 g/mol. The van der Waals surface area contributed by atoms with Crippen LogP contribution in [0.4, 0.5) is 4.79 Å². The molecule has 2 unspecified atom stereocenters. The van der Waals surface area contributed by atoms with Gasteiger partial charge in [-0.25, -0.2) is 14.6 Å². The number of carbonyl (C=O) groups is 1. The number of allylic oxidation sites excluding steroid dienone is 2. The summed E-state index contributed by atoms with van der Waals surface area (Å²) >= 11 is 0. The lowest BCUT2D eigenvalue weighted by Crippen LogP contribution is -2.54. The number of hydrogen-bond acceptors (Lipinski definition) is 5. The van der Waals surface area contributed by atoms with Crippen LogP contribution in [0.3, 0.4) is 0 Å². The van der Waals surface area contributed by atoms with E-state index in [0.717, 1.165) is 11.1 Å². The summed E-state index contributed by atoms with van der Waals surface area (Å²) in [6.45, 7) is 4.38. The molecule has 2 atom stereocenters. The molecule has 0 saturated carbocycles. The van der Waals surface area contributed by atoms with Gasteiger partial charge < -0.3 is 20.8 Å². The van der Waals surface area contributed by atoms with Gasteiger partial charge in [0, 0.05) is 17.6 Å². The molecule has 2 aliphatic heterocycles. The van der Waals surface area contributed by atoms with E-state index >= 15 is 0 Å². The zero-order valence-electron chi connectivity index (χ0n) is 12.5. The Hall–Kier alpha value is -1.99. The molecule has 4 N–H and O–H groups in total. The molecule has 0 aromatic carbocycles. The second-order valence-electron chi connectivity index (χ2n) is 6.05. The number of aliphatic hydroxyl groups is 2. The third kappa shape index (κ3) is 2.57. The van der Waals surface area contributed by atoms with Crippen molar-refractivity contribution >= 4 is 6.03 Å². The van der Waals surface area contributed by atoms with Gasteiger partial charge in [0.1, 0.15) is 24.7 Å². The van der Waals surface area contributed by atoms with Gasteiger partial charge in [0.25, 0.3) is 0 Å². The highest BCUT2D eigenvalue weighted by Gasteiger charge is 2.39. The van der Waals surface area contributed by atoms with Crippen molar-refractivity contribution < 1.29 is 24.8 Å². The Morgan fingerprint density at radius 2 is 2.00 bits per heavy atom. The number of aliphatic hydroxyl groups excluding tert-OH is 2. The summed E-state index contributed by atoms with van der Waals surface area (Å²) in [5.41, 5.74) is 2.41. The Balaban J connectivity index is 1.93. The Morgan fingerprint density at radius 1 is 1.27 bits per heavy atom. The van der Waals surface area contributed by atoms with Gasteiger partial charge in [-0.15, -0.1) is 0 Å². The first-order valence-corrected chi connectivity index (χ1v) is 7.33. The average Bonchev–Trinajstić information content (AvgIpc) is 2.46. The second-order valence-corrected chi connectivity index (χ2v) is 6.05. The summed E-state index contributed by atoms with van der Waals surface area (Å²) in [7, 11) is 0. The summed E-state index contributed by atoms with van der Waals surface area (Å²) in [5.74, 6) is 0.00332. The van der Waals surface area contributed by atoms with Crippen molar-refractivity contribution in [2.24, 2.45) is 11.8 Å². The van der Waals surface area contributed by atoms with Gasteiger partial charge in [-0.2, -0.15) is 0 Å². The standard InChI is InChI=1S/C15H20N2O5/c1-7(2)8-3-9(13(19)4-12(8)18)14-10-5-21-22-6-11(10)16-15(20)17-14/h4,7,9,14,18-19H,3,5-6H2,1-2H3,(H2,16,17,20). The van der Waals surface area contributed by atoms with Crippen LogP contribution in [0.1, 0.15) is 20.3 Å². The van der Waals surface area contributed by atoms with Crippen LogP contribution in [-0.4, -0.2) is 35.5 Å². The van der Waals surface area contributed by atoms with Crippen LogP contribution in [0.15, 0.2) is 34.4 Å². The van der Waals surface area contributed by atoms with E-state index in [2.05, 4.69) is 10.6 Å². The van der Waals surface area contributed by atoms with Crippen molar-refractivity contribution in [3.05, 3.63) is 34.4 Å². The number of hydrogen-bond donors (Lipinski definition) is 4. The van der Waals surface area contributed by atoms with Crippen molar-refractivity contribution in [2.75, 3.05) is 13.2 Å². The van der Waals surface area contributed by atoms with Crippen LogP contribution >= 0.6 is 0 Å². The first kappa shape index (κ1) is 14.9. The van der Waals surface area contributed by atoms with E-state index in [1.807, 2.05) is 13.8 Å². The molecule has 0 radical (unpaired) electrons. The molecule has 7 heteroatoms. The maximum atomic E-state index is 11.8. The summed E-state index contributed by atoms with van der Waals surface area (Å²) in [6, 6.07) is -0.710. The van der Waals surface area contributed by atoms with Gasteiger partial charge in [0.2, 0.25) is 0 Å². The van der Waals surface area contributed by atoms with E-state index in [-0.39, 0.29) is 48.6 Å². The highest BCUT2D eigenvalue weighted by Crippen LogP contribution is 2.36. The number of urea groups is 1. The fourth-order valence-corrected chi connectivity index (χ4v) is 3.13. The highest BCUT2D eigenvalue weighted by atomic mass is 17.2. The van der Waals surface area contributed by atoms with Gasteiger partial charge in [0.15, 0.2) is 0 Å². The second kappa shape index (κ2) is 5.66. The summed E-state index contributed by atoms with van der Waals surface area (Å²) in [4.78, 5) is 21.8. The first-order valence-electron chi connectivity index (χ1n) is 7.33. The van der Waals surface area contributed by atoms with E-state index in [4.69, 9.17) is 9.78 Å². The lowest BCUT2D eigenvalue weighted by molar-refractivity contribution is -0.290. The molecule has 2 amide bonds. The SMILES string of the molecule is CC(C)C1=C(O)C=C(O)C(C2NC(=O)NC3=C2COOC3)C1. The smallest absolute Gasteiger partial charge is 0.319 e. The monoisotopic (exact) mass is 308 g/mol. The predicted molar refractivity (Wildman–Crippen MR) is 77.7 cm³/mol. The van der Waals surface area contributed by atoms with Crippen molar-refractivity contribution in [2.45, 2.75) is 26.3 Å². The van der Waals surface area contributed by atoms with Crippen LogP contribution in [0.2, 0.25) is 0 Å². The lowest BCUT2D eigenvalue weighted by atomic mass is 9.79. The number of rotatable bonds is 2. The third-order valence-corrected chi connectivity index (χ3v) is 4.35. The van der Waals surface area contributed by atoms with Crippen LogP contribution in [0, 0.1) is 11.8 Å². The minimum atomic E-state index is -0.384. The molecule has 0 aromatic heterocycles. The van der Waals surface area contributed by atoms with Crippen molar-refractivity contribution in [3.8, 4) is 0 Å². The molecule has 3 aliphatic rings. The highest BCUT2D eigenvalue weighted by molar-refractivity contribution is 5.79. The van der Waals surface area contributed by atoms with Crippen LogP contribution in [-0.2, 0) is 9.78 Å². The molecule has 0 saturated heterocycles. The fourth-order valence-electron chi connectivity index (χ4n) is 3.13. The number of nitrogens with one attached hydrogen (secondary N) is 2. The number of carbonyl (C=O) groups excluding carboxylic acids is 1. The topological polar surface area (TPSA) is 100 Å². The Kier molecular flexibility index (Phi) is 3.84. The van der Waals surface area contributed by atoms with E-state index in [9.17, 15) is 15.0 Å². The van der Waals surface area contributed by atoms with Gasteiger partial charge in [0.05, 0.1) is 11.7 Å². The quantitative estimate of drug-likeness (QED) is 0.583. The molecule has 3 rings (SSSR count). The molecule has 1 aliphatic carbocycles. The summed E-state index contributed by atoms with van der Waals surface area (Å²) in [5, 5.41) is 25.8. The molecular formula is C15H20N2O5. The maximum absolute atomic E-state index is 11.8. The number of amides is 2. The maximum Gasteiger partial charge on any atom is 0.319 e. The van der Waals surface area contributed by atoms with E-state index < -0.39 is 0 Å². The Bertz CT molecular complexity index is 591. The predicted octanol–water partition coefficient (Wildman–Crippen LogP) is 1.81. The lowest BCUT2D eigenvalue weighted by Gasteiger charge is -2.38. The molecule has 2 heterocycles. The minimum Gasteiger partial charge on any atom is -0.512 e. The molecule has 22 heavy (non-hydrogen) atoms. The van der Waals surface area contributed by atoms with Gasteiger partial charge >= 0.3 is 6.03 Å². The van der Waals surface area contributed by atoms with Gasteiger partial charge in [-0.1, -0.05) is 13.8 Å². The third-order valence-electron chi connectivity index (χ3n) is 4.35. The van der Waals surface area contributed by atoms with E-state index in [1.165, 1.54) is 6.08 Å². The molecule has 0 aromatic rings. The van der Waals surface area contributed by atoms with Crippen LogP contribution in [0.25, 0.3) is 0 Å². The Morgan fingerprint density at radius 3 is 2.73 bits per heavy atom. The summed E-state index contributed by atoms with van der Waals surface area (Å²) < 4.78 is 0. The fraction of sp³-hybridized carbons (Fsp3) is 0.533. The van der Waals surface area contributed by atoms with Crippen molar-refractivity contribution in [3.63, 3.8) is 0 Å². The molecule has 0 bridgehead atoms. The zero-order chi connectivity index (χ0) is 15.9. The first-order chi connectivity index (χ1) is 10.5. The zero-order valence-corrected chi connectivity index (χ0v) is 12.5. The van der Waals surface area contributed by atoms with E-state index in [0.29, 0.717) is 12.1 Å². The summed E-state index contributed by atoms with van der Waals surface area (Å²) in [6.07, 6.45) is 1.85. The van der Waals surface area contributed by atoms with Gasteiger partial charge in [-0.05, 0) is 17.9 Å². The minimum absolute atomic E-state index is 0.0624. The normalized spacial score (nSPS) is 29.0. The molecule has 7 nitrogen and oxygen atoms in total. The van der Waals surface area contributed by atoms with Crippen molar-refractivity contribution in [1.29, 1.82) is 0 Å². The Labute approximate surface area is 128 Å². The van der Waals surface area contributed by atoms with E-state index in [1.54, 1.807) is 0 Å². The molecular weight excluding hydrogens is 288 g/mol. The largest absolute Gasteiger partial charge is 0.512 e. The molecule has 0 fully saturated rings. The van der Waals surface area contributed by atoms with Crippen molar-refractivity contribution in [1.82, 2.24) is 10.6 Å². The van der Waals surface area contributed by atoms with Crippen LogP contribution < -0.4 is 10.6 Å².